The summed E-state index contributed by atoms with van der Waals surface area (Å²) in [6.07, 6.45) is 2.04. The fourth-order valence-electron chi connectivity index (χ4n) is 1.90. The minimum Gasteiger partial charge on any atom is -0.384 e. The first-order chi connectivity index (χ1) is 9.10. The molecule has 100 valence electrons. The molecule has 0 amide bonds. The normalized spacial score (nSPS) is 10.7. The van der Waals surface area contributed by atoms with Gasteiger partial charge in [0, 0.05) is 28.8 Å². The summed E-state index contributed by atoms with van der Waals surface area (Å²) in [5.74, 6) is 0.548. The lowest BCUT2D eigenvalue weighted by Gasteiger charge is -2.07. The average molecular weight is 280 g/mol. The van der Waals surface area contributed by atoms with Gasteiger partial charge in [-0.3, -0.25) is 0 Å². The van der Waals surface area contributed by atoms with Gasteiger partial charge in [0.05, 0.1) is 0 Å². The largest absolute Gasteiger partial charge is 0.384 e. The molecular formula is C14H15ClFN3. The topological polar surface area (TPSA) is 51.8 Å². The van der Waals surface area contributed by atoms with Gasteiger partial charge in [-0.05, 0) is 18.6 Å². The van der Waals surface area contributed by atoms with Gasteiger partial charge < -0.3 is 5.73 Å². The molecule has 0 aliphatic rings. The third-order valence-corrected chi connectivity index (χ3v) is 3.10. The molecule has 1 heterocycles. The highest BCUT2D eigenvalue weighted by Gasteiger charge is 2.10. The SMILES string of the molecule is CCCc1cc(N)nc(Cc2c(F)cccc2Cl)n1. The van der Waals surface area contributed by atoms with Crippen LogP contribution in [-0.2, 0) is 12.8 Å². The van der Waals surface area contributed by atoms with Gasteiger partial charge in [0.25, 0.3) is 0 Å². The van der Waals surface area contributed by atoms with E-state index in [1.165, 1.54) is 6.07 Å². The van der Waals surface area contributed by atoms with Crippen LogP contribution in [0.5, 0.6) is 0 Å². The Kier molecular flexibility index (Phi) is 4.32. The second kappa shape index (κ2) is 5.97. The van der Waals surface area contributed by atoms with Crippen LogP contribution in [0.1, 0.15) is 30.4 Å². The minimum absolute atomic E-state index is 0.243. The van der Waals surface area contributed by atoms with Crippen LogP contribution < -0.4 is 5.73 Å². The summed E-state index contributed by atoms with van der Waals surface area (Å²) in [5, 5.41) is 0.378. The molecule has 0 bridgehead atoms. The number of rotatable bonds is 4. The van der Waals surface area contributed by atoms with Crippen LogP contribution in [0, 0.1) is 5.82 Å². The molecule has 1 aromatic carbocycles. The molecule has 3 nitrogen and oxygen atoms in total. The Bertz CT molecular complexity index is 567. The quantitative estimate of drug-likeness (QED) is 0.933. The molecule has 0 unspecified atom stereocenters. The number of hydrogen-bond donors (Lipinski definition) is 1. The van der Waals surface area contributed by atoms with Gasteiger partial charge in [0.2, 0.25) is 0 Å². The molecule has 2 N–H and O–H groups in total. The lowest BCUT2D eigenvalue weighted by molar-refractivity contribution is 0.612. The van der Waals surface area contributed by atoms with E-state index in [-0.39, 0.29) is 12.2 Å². The van der Waals surface area contributed by atoms with Gasteiger partial charge >= 0.3 is 0 Å². The van der Waals surface area contributed by atoms with Crippen molar-refractivity contribution >= 4 is 17.4 Å². The number of anilines is 1. The standard InChI is InChI=1S/C14H15ClFN3/c1-2-4-9-7-13(17)19-14(18-9)8-10-11(15)5-3-6-12(10)16/h3,5-7H,2,4,8H2,1H3,(H2,17,18,19). The van der Waals surface area contributed by atoms with Crippen LogP contribution in [0.3, 0.4) is 0 Å². The molecule has 19 heavy (non-hydrogen) atoms. The van der Waals surface area contributed by atoms with E-state index in [0.717, 1.165) is 18.5 Å². The van der Waals surface area contributed by atoms with Crippen molar-refractivity contribution in [2.24, 2.45) is 0 Å². The molecular weight excluding hydrogens is 265 g/mol. The number of aryl methyl sites for hydroxylation is 1. The number of nitrogen functional groups attached to an aromatic ring is 1. The van der Waals surface area contributed by atoms with Gasteiger partial charge in [-0.15, -0.1) is 0 Å². The lowest BCUT2D eigenvalue weighted by atomic mass is 10.1. The van der Waals surface area contributed by atoms with Crippen molar-refractivity contribution in [3.63, 3.8) is 0 Å². The van der Waals surface area contributed by atoms with Crippen LogP contribution in [0.15, 0.2) is 24.3 Å². The molecule has 5 heteroatoms. The van der Waals surface area contributed by atoms with Crippen LogP contribution >= 0.6 is 11.6 Å². The van der Waals surface area contributed by atoms with Crippen molar-refractivity contribution in [3.8, 4) is 0 Å². The Hall–Kier alpha value is -1.68. The van der Waals surface area contributed by atoms with Crippen molar-refractivity contribution < 1.29 is 4.39 Å². The Labute approximate surface area is 116 Å². The van der Waals surface area contributed by atoms with Crippen molar-refractivity contribution in [3.05, 3.63) is 52.2 Å². The molecule has 0 atom stereocenters. The second-order valence-corrected chi connectivity index (χ2v) is 4.73. The number of hydrogen-bond acceptors (Lipinski definition) is 3. The Balaban J connectivity index is 2.33. The fraction of sp³-hybridized carbons (Fsp3) is 0.286. The fourth-order valence-corrected chi connectivity index (χ4v) is 2.13. The van der Waals surface area contributed by atoms with Gasteiger partial charge in [0.15, 0.2) is 0 Å². The van der Waals surface area contributed by atoms with Crippen molar-refractivity contribution in [1.82, 2.24) is 9.97 Å². The predicted molar refractivity (Wildman–Crippen MR) is 74.7 cm³/mol. The van der Waals surface area contributed by atoms with Crippen LogP contribution in [0.4, 0.5) is 10.2 Å². The van der Waals surface area contributed by atoms with E-state index in [2.05, 4.69) is 16.9 Å². The van der Waals surface area contributed by atoms with Crippen molar-refractivity contribution in [2.45, 2.75) is 26.2 Å². The molecule has 0 radical (unpaired) electrons. The average Bonchev–Trinajstić information content (AvgIpc) is 2.34. The minimum atomic E-state index is -0.351. The Morgan fingerprint density at radius 1 is 1.32 bits per heavy atom. The zero-order valence-corrected chi connectivity index (χ0v) is 11.4. The molecule has 0 aliphatic heterocycles. The molecule has 0 aliphatic carbocycles. The van der Waals surface area contributed by atoms with Gasteiger partial charge in [-0.1, -0.05) is 31.0 Å². The molecule has 2 rings (SSSR count). The van der Waals surface area contributed by atoms with Crippen LogP contribution in [0.2, 0.25) is 5.02 Å². The van der Waals surface area contributed by atoms with Crippen LogP contribution in [0.25, 0.3) is 0 Å². The second-order valence-electron chi connectivity index (χ2n) is 4.33. The van der Waals surface area contributed by atoms with Crippen molar-refractivity contribution in [1.29, 1.82) is 0 Å². The number of benzene rings is 1. The highest BCUT2D eigenvalue weighted by molar-refractivity contribution is 6.31. The zero-order chi connectivity index (χ0) is 13.8. The zero-order valence-electron chi connectivity index (χ0n) is 10.7. The molecule has 1 aromatic heterocycles. The van der Waals surface area contributed by atoms with Gasteiger partial charge in [-0.25, -0.2) is 14.4 Å². The van der Waals surface area contributed by atoms with E-state index in [9.17, 15) is 4.39 Å². The monoisotopic (exact) mass is 279 g/mol. The lowest BCUT2D eigenvalue weighted by Crippen LogP contribution is -2.05. The van der Waals surface area contributed by atoms with E-state index < -0.39 is 0 Å². The Morgan fingerprint density at radius 3 is 2.79 bits per heavy atom. The summed E-state index contributed by atoms with van der Waals surface area (Å²) in [7, 11) is 0. The first-order valence-corrected chi connectivity index (χ1v) is 6.53. The van der Waals surface area contributed by atoms with Gasteiger partial charge in [-0.2, -0.15) is 0 Å². The molecule has 0 spiro atoms. The van der Waals surface area contributed by atoms with E-state index in [0.29, 0.717) is 22.2 Å². The van der Waals surface area contributed by atoms with E-state index in [4.69, 9.17) is 17.3 Å². The number of nitrogens with two attached hydrogens (primary N) is 1. The highest BCUT2D eigenvalue weighted by atomic mass is 35.5. The van der Waals surface area contributed by atoms with Gasteiger partial charge in [0.1, 0.15) is 17.5 Å². The summed E-state index contributed by atoms with van der Waals surface area (Å²) >= 11 is 5.99. The maximum Gasteiger partial charge on any atom is 0.135 e. The molecule has 0 saturated heterocycles. The van der Waals surface area contributed by atoms with Crippen LogP contribution in [-0.4, -0.2) is 9.97 Å². The number of nitrogens with zero attached hydrogens (tertiary/aromatic N) is 2. The molecule has 0 fully saturated rings. The third kappa shape index (κ3) is 3.41. The maximum absolute atomic E-state index is 13.7. The summed E-state index contributed by atoms with van der Waals surface area (Å²) in [6.45, 7) is 2.06. The summed E-state index contributed by atoms with van der Waals surface area (Å²) in [6, 6.07) is 6.35. The van der Waals surface area contributed by atoms with E-state index in [1.54, 1.807) is 18.2 Å². The highest BCUT2D eigenvalue weighted by Crippen LogP contribution is 2.21. The van der Waals surface area contributed by atoms with E-state index >= 15 is 0 Å². The third-order valence-electron chi connectivity index (χ3n) is 2.75. The first-order valence-electron chi connectivity index (χ1n) is 6.15. The number of halogens is 2. The van der Waals surface area contributed by atoms with E-state index in [1.807, 2.05) is 0 Å². The first kappa shape index (κ1) is 13.7. The number of aromatic nitrogens is 2. The molecule has 0 saturated carbocycles. The summed E-state index contributed by atoms with van der Waals surface area (Å²) < 4.78 is 13.7. The predicted octanol–water partition coefficient (Wildman–Crippen LogP) is 3.39. The Morgan fingerprint density at radius 2 is 2.11 bits per heavy atom. The summed E-state index contributed by atoms with van der Waals surface area (Å²) in [4.78, 5) is 8.52. The maximum atomic E-state index is 13.7. The smallest absolute Gasteiger partial charge is 0.135 e. The van der Waals surface area contributed by atoms with Crippen molar-refractivity contribution in [2.75, 3.05) is 5.73 Å². The molecule has 2 aromatic rings. The summed E-state index contributed by atoms with van der Waals surface area (Å²) in [5.41, 5.74) is 7.01.